The van der Waals surface area contributed by atoms with Gasteiger partial charge in [0.25, 0.3) is 0 Å². The molecular weight excluding hydrogens is 356 g/mol. The molecule has 0 aliphatic rings. The Morgan fingerprint density at radius 2 is 1.17 bits per heavy atom. The molecule has 1 atom stereocenters. The third kappa shape index (κ3) is 4.46. The average molecular weight is 378 g/mol. The summed E-state index contributed by atoms with van der Waals surface area (Å²) in [6.07, 6.45) is 3.98. The maximum Gasteiger partial charge on any atom is 0.163 e. The van der Waals surface area contributed by atoms with Crippen molar-refractivity contribution in [3.8, 4) is 0 Å². The monoisotopic (exact) mass is 378 g/mol. The van der Waals surface area contributed by atoms with E-state index in [0.29, 0.717) is 6.42 Å². The number of hydrogen-bond donors (Lipinski definition) is 0. The van der Waals surface area contributed by atoms with Gasteiger partial charge in [-0.05, 0) is 29.8 Å². The van der Waals surface area contributed by atoms with Crippen LogP contribution >= 0.6 is 0 Å². The molecule has 0 spiro atoms. The first kappa shape index (κ1) is 18.8. The lowest BCUT2D eigenvalue weighted by Crippen LogP contribution is -2.19. The van der Waals surface area contributed by atoms with E-state index in [-0.39, 0.29) is 17.6 Å². The minimum atomic E-state index is -0.118. The highest BCUT2D eigenvalue weighted by atomic mass is 16.1. The Bertz CT molecular complexity index is 996. The Kier molecular flexibility index (Phi) is 5.87. The van der Waals surface area contributed by atoms with Crippen LogP contribution in [0.5, 0.6) is 0 Å². The van der Waals surface area contributed by atoms with Gasteiger partial charge < -0.3 is 0 Å². The van der Waals surface area contributed by atoms with Crippen LogP contribution in [-0.4, -0.2) is 15.8 Å². The number of nitrogens with zero attached hydrogens (tertiary/aromatic N) is 2. The first-order valence-electron chi connectivity index (χ1n) is 9.78. The summed E-state index contributed by atoms with van der Waals surface area (Å²) in [5.74, 6) is -0.0718. The van der Waals surface area contributed by atoms with Gasteiger partial charge >= 0.3 is 0 Å². The quantitative estimate of drug-likeness (QED) is 0.389. The average Bonchev–Trinajstić information content (AvgIpc) is 2.81. The predicted octanol–water partition coefficient (Wildman–Crippen LogP) is 5.67. The number of ketones is 1. The van der Waals surface area contributed by atoms with Gasteiger partial charge in [-0.3, -0.25) is 14.8 Å². The van der Waals surface area contributed by atoms with E-state index in [4.69, 9.17) is 0 Å². The summed E-state index contributed by atoms with van der Waals surface area (Å²) < 4.78 is 0. The third-order valence-corrected chi connectivity index (χ3v) is 5.14. The number of rotatable bonds is 7. The zero-order valence-electron chi connectivity index (χ0n) is 16.1. The first-order chi connectivity index (χ1) is 14.3. The molecular formula is C26H22N2O. The molecule has 3 heteroatoms. The van der Waals surface area contributed by atoms with Crippen molar-refractivity contribution >= 4 is 5.78 Å². The van der Waals surface area contributed by atoms with Gasteiger partial charge in [-0.2, -0.15) is 0 Å². The van der Waals surface area contributed by atoms with E-state index in [2.05, 4.69) is 22.1 Å². The van der Waals surface area contributed by atoms with Crippen molar-refractivity contribution in [2.75, 3.05) is 0 Å². The molecule has 0 aliphatic heterocycles. The van der Waals surface area contributed by atoms with Gasteiger partial charge in [0.05, 0.1) is 5.92 Å². The molecule has 3 nitrogen and oxygen atoms in total. The molecule has 2 heterocycles. The number of pyridine rings is 2. The molecule has 142 valence electrons. The molecule has 0 saturated heterocycles. The molecule has 0 saturated carbocycles. The minimum absolute atomic E-state index is 0.0753. The molecule has 0 radical (unpaired) electrons. The molecule has 2 aromatic heterocycles. The molecule has 2 aromatic carbocycles. The van der Waals surface area contributed by atoms with Crippen LogP contribution in [0.25, 0.3) is 0 Å². The van der Waals surface area contributed by atoms with Gasteiger partial charge in [0.2, 0.25) is 0 Å². The third-order valence-electron chi connectivity index (χ3n) is 5.14. The summed E-state index contributed by atoms with van der Waals surface area (Å²) in [6, 6.07) is 31.5. The normalized spacial score (nSPS) is 11.9. The zero-order valence-corrected chi connectivity index (χ0v) is 16.1. The summed E-state index contributed by atoms with van der Waals surface area (Å²) in [5, 5.41) is 0. The fourth-order valence-electron chi connectivity index (χ4n) is 3.75. The smallest absolute Gasteiger partial charge is 0.163 e. The molecule has 0 bridgehead atoms. The fourth-order valence-corrected chi connectivity index (χ4v) is 3.75. The van der Waals surface area contributed by atoms with Crippen LogP contribution in [0.1, 0.15) is 45.6 Å². The van der Waals surface area contributed by atoms with Crippen molar-refractivity contribution in [2.24, 2.45) is 0 Å². The first-order valence-corrected chi connectivity index (χ1v) is 9.78. The van der Waals surface area contributed by atoms with Crippen molar-refractivity contribution in [3.05, 3.63) is 132 Å². The fraction of sp³-hybridized carbons (Fsp3) is 0.115. The molecule has 4 rings (SSSR count). The van der Waals surface area contributed by atoms with Crippen LogP contribution in [-0.2, 0) is 0 Å². The van der Waals surface area contributed by atoms with Crippen LogP contribution in [0.4, 0.5) is 0 Å². The van der Waals surface area contributed by atoms with E-state index in [1.807, 2.05) is 84.9 Å². The molecule has 1 unspecified atom stereocenters. The Labute approximate surface area is 171 Å². The zero-order chi connectivity index (χ0) is 19.9. The summed E-state index contributed by atoms with van der Waals surface area (Å²) in [6.45, 7) is 0. The lowest BCUT2D eigenvalue weighted by molar-refractivity contribution is 0.0971. The molecule has 29 heavy (non-hydrogen) atoms. The van der Waals surface area contributed by atoms with Gasteiger partial charge in [-0.1, -0.05) is 72.8 Å². The highest BCUT2D eigenvalue weighted by Crippen LogP contribution is 2.39. The van der Waals surface area contributed by atoms with Gasteiger partial charge in [-0.15, -0.1) is 0 Å². The Morgan fingerprint density at radius 1 is 0.655 bits per heavy atom. The highest BCUT2D eigenvalue weighted by Gasteiger charge is 2.30. The standard InChI is InChI=1S/C26H22N2O/c29-25(21-13-5-2-6-14-21)19-22(20-11-3-1-4-12-20)26(23-15-7-9-17-27-23)24-16-8-10-18-28-24/h1-18,22,26H,19H2. The number of Topliss-reactive ketones (excluding diaryl/α,β-unsaturated/α-hetero) is 1. The maximum absolute atomic E-state index is 13.2. The largest absolute Gasteiger partial charge is 0.294 e. The summed E-state index contributed by atoms with van der Waals surface area (Å²) in [4.78, 5) is 22.4. The van der Waals surface area contributed by atoms with Gasteiger partial charge in [0, 0.05) is 41.7 Å². The van der Waals surface area contributed by atoms with Crippen LogP contribution in [0.2, 0.25) is 0 Å². The van der Waals surface area contributed by atoms with Crippen LogP contribution < -0.4 is 0 Å². The number of aromatic nitrogens is 2. The van der Waals surface area contributed by atoms with E-state index in [1.165, 1.54) is 0 Å². The number of carbonyl (C=O) groups is 1. The lowest BCUT2D eigenvalue weighted by Gasteiger charge is -2.27. The van der Waals surface area contributed by atoms with E-state index < -0.39 is 0 Å². The van der Waals surface area contributed by atoms with Crippen LogP contribution in [0, 0.1) is 0 Å². The summed E-state index contributed by atoms with van der Waals surface area (Å²) in [5.41, 5.74) is 3.68. The topological polar surface area (TPSA) is 42.9 Å². The Balaban J connectivity index is 1.80. The Morgan fingerprint density at radius 3 is 1.69 bits per heavy atom. The molecule has 4 aromatic rings. The summed E-state index contributed by atoms with van der Waals surface area (Å²) >= 11 is 0. The highest BCUT2D eigenvalue weighted by molar-refractivity contribution is 5.96. The lowest BCUT2D eigenvalue weighted by atomic mass is 9.77. The predicted molar refractivity (Wildman–Crippen MR) is 115 cm³/mol. The van der Waals surface area contributed by atoms with E-state index in [1.54, 1.807) is 12.4 Å². The van der Waals surface area contributed by atoms with E-state index in [9.17, 15) is 4.79 Å². The maximum atomic E-state index is 13.2. The molecule has 0 amide bonds. The van der Waals surface area contributed by atoms with Crippen molar-refractivity contribution in [1.29, 1.82) is 0 Å². The molecule has 0 N–H and O–H groups in total. The SMILES string of the molecule is O=C(CC(c1ccccc1)C(c1ccccn1)c1ccccn1)c1ccccc1. The number of carbonyl (C=O) groups excluding carboxylic acids is 1. The minimum Gasteiger partial charge on any atom is -0.294 e. The van der Waals surface area contributed by atoms with Gasteiger partial charge in [0.1, 0.15) is 0 Å². The van der Waals surface area contributed by atoms with Crippen LogP contribution in [0.15, 0.2) is 109 Å². The number of hydrogen-bond acceptors (Lipinski definition) is 3. The van der Waals surface area contributed by atoms with Crippen molar-refractivity contribution in [3.63, 3.8) is 0 Å². The van der Waals surface area contributed by atoms with Crippen molar-refractivity contribution in [1.82, 2.24) is 9.97 Å². The molecule has 0 fully saturated rings. The van der Waals surface area contributed by atoms with Crippen molar-refractivity contribution < 1.29 is 4.79 Å². The van der Waals surface area contributed by atoms with Crippen molar-refractivity contribution in [2.45, 2.75) is 18.3 Å². The second kappa shape index (κ2) is 9.07. The Hall–Kier alpha value is -3.59. The second-order valence-electron chi connectivity index (χ2n) is 7.00. The van der Waals surface area contributed by atoms with Gasteiger partial charge in [0.15, 0.2) is 5.78 Å². The molecule has 0 aliphatic carbocycles. The summed E-state index contributed by atoms with van der Waals surface area (Å²) in [7, 11) is 0. The van der Waals surface area contributed by atoms with Crippen LogP contribution in [0.3, 0.4) is 0 Å². The van der Waals surface area contributed by atoms with E-state index in [0.717, 1.165) is 22.5 Å². The second-order valence-corrected chi connectivity index (χ2v) is 7.00. The van der Waals surface area contributed by atoms with E-state index >= 15 is 0 Å². The number of benzene rings is 2. The van der Waals surface area contributed by atoms with Gasteiger partial charge in [-0.25, -0.2) is 0 Å².